The van der Waals surface area contributed by atoms with E-state index in [4.69, 9.17) is 5.73 Å². The molecule has 0 saturated carbocycles. The smallest absolute Gasteiger partial charge is 0.270 e. The first-order chi connectivity index (χ1) is 6.92. The fourth-order valence-corrected chi connectivity index (χ4v) is 3.34. The minimum atomic E-state index is -3.44. The molecule has 0 amide bonds. The van der Waals surface area contributed by atoms with Crippen molar-refractivity contribution in [1.29, 1.82) is 0 Å². The molecule has 1 aliphatic rings. The van der Waals surface area contributed by atoms with Crippen molar-refractivity contribution in [3.8, 4) is 0 Å². The van der Waals surface area contributed by atoms with Crippen LogP contribution in [0.25, 0.3) is 0 Å². The van der Waals surface area contributed by atoms with E-state index in [1.165, 1.54) is 12.1 Å². The molecular formula is C8H8N2O4S. The van der Waals surface area contributed by atoms with E-state index in [0.717, 1.165) is 6.07 Å². The highest BCUT2D eigenvalue weighted by Crippen LogP contribution is 2.34. The number of non-ortho nitro benzene ring substituents is 1. The van der Waals surface area contributed by atoms with Crippen LogP contribution in [0.4, 0.5) is 5.69 Å². The SMILES string of the molecule is N[C@H]1CS(=O)(=O)c2cc([N+](=O)[O-])ccc21. The number of fused-ring (bicyclic) bond motifs is 1. The fraction of sp³-hybridized carbons (Fsp3) is 0.250. The number of rotatable bonds is 1. The second-order valence-corrected chi connectivity index (χ2v) is 5.37. The normalized spacial score (nSPS) is 22.3. The number of sulfone groups is 1. The van der Waals surface area contributed by atoms with Crippen molar-refractivity contribution < 1.29 is 13.3 Å². The van der Waals surface area contributed by atoms with Crippen molar-refractivity contribution in [3.05, 3.63) is 33.9 Å². The lowest BCUT2D eigenvalue weighted by molar-refractivity contribution is -0.385. The van der Waals surface area contributed by atoms with Crippen molar-refractivity contribution in [3.63, 3.8) is 0 Å². The maximum atomic E-state index is 11.5. The Kier molecular flexibility index (Phi) is 2.02. The largest absolute Gasteiger partial charge is 0.323 e. The van der Waals surface area contributed by atoms with Gasteiger partial charge in [-0.05, 0) is 11.6 Å². The molecule has 0 radical (unpaired) electrons. The highest BCUT2D eigenvalue weighted by molar-refractivity contribution is 7.91. The van der Waals surface area contributed by atoms with Gasteiger partial charge in [0, 0.05) is 18.2 Å². The monoisotopic (exact) mass is 228 g/mol. The molecule has 1 heterocycles. The molecule has 6 nitrogen and oxygen atoms in total. The van der Waals surface area contributed by atoms with Crippen LogP contribution in [0, 0.1) is 10.1 Å². The number of nitrogens with zero attached hydrogens (tertiary/aromatic N) is 1. The Hall–Kier alpha value is -1.47. The van der Waals surface area contributed by atoms with Gasteiger partial charge < -0.3 is 5.73 Å². The van der Waals surface area contributed by atoms with Gasteiger partial charge in [-0.25, -0.2) is 8.42 Å². The summed E-state index contributed by atoms with van der Waals surface area (Å²) in [6.45, 7) is 0. The lowest BCUT2D eigenvalue weighted by atomic mass is 10.1. The van der Waals surface area contributed by atoms with Gasteiger partial charge in [0.1, 0.15) is 0 Å². The fourth-order valence-electron chi connectivity index (χ4n) is 1.63. The summed E-state index contributed by atoms with van der Waals surface area (Å²) in [5.41, 5.74) is 5.83. The summed E-state index contributed by atoms with van der Waals surface area (Å²) in [6.07, 6.45) is 0. The van der Waals surface area contributed by atoms with E-state index < -0.39 is 20.8 Å². The van der Waals surface area contributed by atoms with Crippen LogP contribution in [0.3, 0.4) is 0 Å². The maximum Gasteiger partial charge on any atom is 0.270 e. The van der Waals surface area contributed by atoms with Crippen molar-refractivity contribution in [2.45, 2.75) is 10.9 Å². The van der Waals surface area contributed by atoms with Gasteiger partial charge in [-0.3, -0.25) is 10.1 Å². The molecule has 0 unspecified atom stereocenters. The Bertz CT molecular complexity index is 538. The van der Waals surface area contributed by atoms with E-state index in [1.54, 1.807) is 0 Å². The molecule has 1 aliphatic heterocycles. The third-order valence-electron chi connectivity index (χ3n) is 2.34. The second kappa shape index (κ2) is 3.01. The number of hydrogen-bond acceptors (Lipinski definition) is 5. The minimum Gasteiger partial charge on any atom is -0.323 e. The molecule has 1 aromatic rings. The summed E-state index contributed by atoms with van der Waals surface area (Å²) >= 11 is 0. The summed E-state index contributed by atoms with van der Waals surface area (Å²) in [6, 6.07) is 3.16. The Morgan fingerprint density at radius 2 is 2.13 bits per heavy atom. The van der Waals surface area contributed by atoms with Gasteiger partial charge >= 0.3 is 0 Å². The summed E-state index contributed by atoms with van der Waals surface area (Å²) in [4.78, 5) is 9.84. The van der Waals surface area contributed by atoms with E-state index in [-0.39, 0.29) is 16.3 Å². The Morgan fingerprint density at radius 3 is 2.73 bits per heavy atom. The molecule has 2 N–H and O–H groups in total. The molecule has 1 aromatic carbocycles. The standard InChI is InChI=1S/C8H8N2O4S/c9-7-4-15(13,14)8-3-5(10(11)12)1-2-6(7)8/h1-3,7H,4,9H2/t7-/m0/s1. The Labute approximate surface area is 85.8 Å². The lowest BCUT2D eigenvalue weighted by Crippen LogP contribution is -2.11. The first-order valence-corrected chi connectivity index (χ1v) is 5.84. The first-order valence-electron chi connectivity index (χ1n) is 4.18. The summed E-state index contributed by atoms with van der Waals surface area (Å²) < 4.78 is 23.1. The van der Waals surface area contributed by atoms with Crippen molar-refractivity contribution in [1.82, 2.24) is 0 Å². The highest BCUT2D eigenvalue weighted by Gasteiger charge is 2.33. The number of nitro benzene ring substituents is 1. The second-order valence-electron chi connectivity index (χ2n) is 3.37. The van der Waals surface area contributed by atoms with Crippen LogP contribution in [0.1, 0.15) is 11.6 Å². The van der Waals surface area contributed by atoms with E-state index >= 15 is 0 Å². The first kappa shape index (κ1) is 10.1. The van der Waals surface area contributed by atoms with Crippen LogP contribution in [0.15, 0.2) is 23.1 Å². The topological polar surface area (TPSA) is 103 Å². The maximum absolute atomic E-state index is 11.5. The van der Waals surface area contributed by atoms with E-state index in [9.17, 15) is 18.5 Å². The van der Waals surface area contributed by atoms with Crippen LogP contribution in [0.5, 0.6) is 0 Å². The van der Waals surface area contributed by atoms with E-state index in [2.05, 4.69) is 0 Å². The van der Waals surface area contributed by atoms with Crippen LogP contribution in [0.2, 0.25) is 0 Å². The zero-order chi connectivity index (χ0) is 11.2. The molecule has 0 saturated heterocycles. The molecule has 0 fully saturated rings. The van der Waals surface area contributed by atoms with Crippen molar-refractivity contribution >= 4 is 15.5 Å². The average molecular weight is 228 g/mol. The molecule has 2 rings (SSSR count). The zero-order valence-electron chi connectivity index (χ0n) is 7.58. The Balaban J connectivity index is 2.68. The van der Waals surface area contributed by atoms with Gasteiger partial charge in [0.2, 0.25) is 0 Å². The molecule has 0 aromatic heterocycles. The molecular weight excluding hydrogens is 220 g/mol. The number of hydrogen-bond donors (Lipinski definition) is 1. The molecule has 15 heavy (non-hydrogen) atoms. The van der Waals surface area contributed by atoms with Crippen molar-refractivity contribution in [2.75, 3.05) is 5.75 Å². The molecule has 80 valence electrons. The summed E-state index contributed by atoms with van der Waals surface area (Å²) in [7, 11) is -3.44. The lowest BCUT2D eigenvalue weighted by Gasteiger charge is -2.00. The predicted molar refractivity (Wildman–Crippen MR) is 52.1 cm³/mol. The van der Waals surface area contributed by atoms with Crippen LogP contribution in [-0.2, 0) is 9.84 Å². The summed E-state index contributed by atoms with van der Waals surface area (Å²) in [5.74, 6) is -0.177. The van der Waals surface area contributed by atoms with Gasteiger partial charge in [-0.15, -0.1) is 0 Å². The van der Waals surface area contributed by atoms with E-state index in [1.807, 2.05) is 0 Å². The number of nitro groups is 1. The van der Waals surface area contributed by atoms with Gasteiger partial charge in [0.05, 0.1) is 15.6 Å². The van der Waals surface area contributed by atoms with Crippen LogP contribution < -0.4 is 5.73 Å². The van der Waals surface area contributed by atoms with Gasteiger partial charge in [0.25, 0.3) is 5.69 Å². The third kappa shape index (κ3) is 1.49. The van der Waals surface area contributed by atoms with Crippen molar-refractivity contribution in [2.24, 2.45) is 5.73 Å². The van der Waals surface area contributed by atoms with Gasteiger partial charge in [0.15, 0.2) is 9.84 Å². The summed E-state index contributed by atoms with van der Waals surface area (Å²) in [5, 5.41) is 10.5. The van der Waals surface area contributed by atoms with Gasteiger partial charge in [-0.2, -0.15) is 0 Å². The van der Waals surface area contributed by atoms with Crippen LogP contribution >= 0.6 is 0 Å². The van der Waals surface area contributed by atoms with E-state index in [0.29, 0.717) is 5.56 Å². The Morgan fingerprint density at radius 1 is 1.47 bits per heavy atom. The average Bonchev–Trinajstić information content (AvgIpc) is 2.37. The van der Waals surface area contributed by atoms with Gasteiger partial charge in [-0.1, -0.05) is 0 Å². The molecule has 7 heteroatoms. The van der Waals surface area contributed by atoms with Crippen LogP contribution in [-0.4, -0.2) is 19.1 Å². The minimum absolute atomic E-state index is 0.01000. The highest BCUT2D eigenvalue weighted by atomic mass is 32.2. The number of benzene rings is 1. The zero-order valence-corrected chi connectivity index (χ0v) is 8.40. The quantitative estimate of drug-likeness (QED) is 0.552. The molecule has 0 bridgehead atoms. The third-order valence-corrected chi connectivity index (χ3v) is 4.16. The predicted octanol–water partition coefficient (Wildman–Crippen LogP) is 0.382. The number of nitrogens with two attached hydrogens (primary N) is 1. The molecule has 0 aliphatic carbocycles. The molecule has 0 spiro atoms. The molecule has 1 atom stereocenters.